The van der Waals surface area contributed by atoms with Gasteiger partial charge in [0.1, 0.15) is 0 Å². The molecular weight excluding hydrogens is 254 g/mol. The number of benzene rings is 1. The third-order valence-corrected chi connectivity index (χ3v) is 3.36. The molecule has 0 radical (unpaired) electrons. The van der Waals surface area contributed by atoms with E-state index in [9.17, 15) is 9.90 Å². The van der Waals surface area contributed by atoms with E-state index in [0.29, 0.717) is 21.9 Å². The topological polar surface area (TPSA) is 92.8 Å². The summed E-state index contributed by atoms with van der Waals surface area (Å²) >= 11 is 1.28. The molecule has 1 unspecified atom stereocenters. The van der Waals surface area contributed by atoms with Gasteiger partial charge in [0.15, 0.2) is 0 Å². The summed E-state index contributed by atoms with van der Waals surface area (Å²) in [6.45, 7) is 1.71. The molecule has 0 spiro atoms. The number of hydrogen-bond acceptors (Lipinski definition) is 6. The molecule has 100 valence electrons. The van der Waals surface area contributed by atoms with Crippen LogP contribution in [0.1, 0.15) is 17.3 Å². The normalized spacial score (nSPS) is 12.2. The van der Waals surface area contributed by atoms with Gasteiger partial charge in [0.25, 0.3) is 0 Å². The first-order valence-corrected chi connectivity index (χ1v) is 6.55. The second-order valence-corrected chi connectivity index (χ2v) is 4.69. The van der Waals surface area contributed by atoms with Crippen LogP contribution in [-0.4, -0.2) is 41.3 Å². The Morgan fingerprint density at radius 1 is 1.56 bits per heavy atom. The maximum atomic E-state index is 11.7. The Morgan fingerprint density at radius 2 is 2.28 bits per heavy atom. The number of rotatable bonds is 6. The van der Waals surface area contributed by atoms with Crippen LogP contribution >= 0.6 is 11.8 Å². The van der Waals surface area contributed by atoms with E-state index in [1.807, 2.05) is 0 Å². The highest BCUT2D eigenvalue weighted by atomic mass is 32.2. The van der Waals surface area contributed by atoms with Crippen molar-refractivity contribution in [1.82, 2.24) is 0 Å². The molecule has 0 saturated heterocycles. The maximum Gasteiger partial charge on any atom is 0.339 e. The molecule has 0 aliphatic heterocycles. The monoisotopic (exact) mass is 271 g/mol. The number of esters is 1. The first-order chi connectivity index (χ1) is 8.58. The van der Waals surface area contributed by atoms with Gasteiger partial charge in [-0.15, -0.1) is 11.8 Å². The van der Waals surface area contributed by atoms with Crippen LogP contribution in [0.25, 0.3) is 0 Å². The highest BCUT2D eigenvalue weighted by Gasteiger charge is 2.14. The van der Waals surface area contributed by atoms with Crippen molar-refractivity contribution in [2.75, 3.05) is 24.7 Å². The van der Waals surface area contributed by atoms with Crippen LogP contribution in [0.5, 0.6) is 0 Å². The summed E-state index contributed by atoms with van der Waals surface area (Å²) in [5.74, 6) is -0.141. The molecule has 1 atom stereocenters. The zero-order valence-electron chi connectivity index (χ0n) is 10.1. The Labute approximate surface area is 110 Å². The molecule has 5 nitrogen and oxygen atoms in total. The van der Waals surface area contributed by atoms with E-state index in [1.165, 1.54) is 11.8 Å². The molecule has 0 aromatic heterocycles. The lowest BCUT2D eigenvalue weighted by molar-refractivity contribution is 0.0522. The Bertz CT molecular complexity index is 411. The molecular formula is C12H17NO4S. The van der Waals surface area contributed by atoms with Crippen molar-refractivity contribution in [2.24, 2.45) is 0 Å². The predicted octanol–water partition coefficient (Wildman–Crippen LogP) is 0.891. The van der Waals surface area contributed by atoms with E-state index < -0.39 is 12.1 Å². The van der Waals surface area contributed by atoms with Crippen molar-refractivity contribution in [3.63, 3.8) is 0 Å². The Morgan fingerprint density at radius 3 is 2.89 bits per heavy atom. The van der Waals surface area contributed by atoms with Crippen LogP contribution in [0.3, 0.4) is 0 Å². The second kappa shape index (κ2) is 7.25. The number of carbonyl (C=O) groups is 1. The lowest BCUT2D eigenvalue weighted by Crippen LogP contribution is -2.15. The van der Waals surface area contributed by atoms with E-state index in [2.05, 4.69) is 0 Å². The van der Waals surface area contributed by atoms with Gasteiger partial charge < -0.3 is 20.7 Å². The third kappa shape index (κ3) is 4.21. The van der Waals surface area contributed by atoms with Crippen LogP contribution < -0.4 is 5.73 Å². The van der Waals surface area contributed by atoms with E-state index in [1.54, 1.807) is 25.1 Å². The van der Waals surface area contributed by atoms with Crippen molar-refractivity contribution < 1.29 is 19.7 Å². The zero-order valence-corrected chi connectivity index (χ0v) is 10.9. The molecule has 0 aliphatic rings. The van der Waals surface area contributed by atoms with E-state index in [0.717, 1.165) is 0 Å². The van der Waals surface area contributed by atoms with Gasteiger partial charge in [-0.3, -0.25) is 0 Å². The van der Waals surface area contributed by atoms with Crippen molar-refractivity contribution in [1.29, 1.82) is 0 Å². The van der Waals surface area contributed by atoms with Crippen LogP contribution in [0, 0.1) is 0 Å². The second-order valence-electron chi connectivity index (χ2n) is 3.62. The fourth-order valence-electron chi connectivity index (χ4n) is 1.28. The van der Waals surface area contributed by atoms with Crippen molar-refractivity contribution in [3.05, 3.63) is 23.8 Å². The van der Waals surface area contributed by atoms with Crippen LogP contribution in [-0.2, 0) is 4.74 Å². The average molecular weight is 271 g/mol. The van der Waals surface area contributed by atoms with Gasteiger partial charge >= 0.3 is 5.97 Å². The highest BCUT2D eigenvalue weighted by molar-refractivity contribution is 7.99. The molecule has 18 heavy (non-hydrogen) atoms. The smallest absolute Gasteiger partial charge is 0.339 e. The van der Waals surface area contributed by atoms with Gasteiger partial charge in [-0.1, -0.05) is 0 Å². The summed E-state index contributed by atoms with van der Waals surface area (Å²) in [4.78, 5) is 12.4. The molecule has 0 heterocycles. The minimum atomic E-state index is -0.817. The molecule has 1 rings (SSSR count). The minimum absolute atomic E-state index is 0.289. The lowest BCUT2D eigenvalue weighted by Gasteiger charge is -2.11. The van der Waals surface area contributed by atoms with Gasteiger partial charge in [-0.25, -0.2) is 4.79 Å². The Hall–Kier alpha value is -1.24. The van der Waals surface area contributed by atoms with Crippen molar-refractivity contribution in [2.45, 2.75) is 17.9 Å². The van der Waals surface area contributed by atoms with Gasteiger partial charge in [-0.05, 0) is 25.1 Å². The number of aliphatic hydroxyl groups excluding tert-OH is 2. The largest absolute Gasteiger partial charge is 0.462 e. The number of anilines is 1. The van der Waals surface area contributed by atoms with Gasteiger partial charge in [0, 0.05) is 16.3 Å². The zero-order chi connectivity index (χ0) is 13.5. The van der Waals surface area contributed by atoms with Crippen molar-refractivity contribution >= 4 is 23.4 Å². The number of carbonyl (C=O) groups excluding carboxylic acids is 1. The number of nitrogens with two attached hydrogens (primary N) is 1. The summed E-state index contributed by atoms with van der Waals surface area (Å²) in [6, 6.07) is 4.93. The maximum absolute atomic E-state index is 11.7. The molecule has 0 aliphatic carbocycles. The molecule has 0 saturated carbocycles. The Kier molecular flexibility index (Phi) is 5.97. The number of nitrogen functional groups attached to an aromatic ring is 1. The van der Waals surface area contributed by atoms with E-state index >= 15 is 0 Å². The van der Waals surface area contributed by atoms with E-state index in [-0.39, 0.29) is 13.2 Å². The third-order valence-electron chi connectivity index (χ3n) is 2.14. The summed E-state index contributed by atoms with van der Waals surface area (Å²) in [7, 11) is 0. The van der Waals surface area contributed by atoms with Crippen molar-refractivity contribution in [3.8, 4) is 0 Å². The predicted molar refractivity (Wildman–Crippen MR) is 70.6 cm³/mol. The lowest BCUT2D eigenvalue weighted by atomic mass is 10.2. The average Bonchev–Trinajstić information content (AvgIpc) is 2.37. The standard InChI is InChI=1S/C12H17NO4S/c1-2-17-12(16)10-5-8(13)3-4-11(10)18-7-9(15)6-14/h3-5,9,14-15H,2,6-7,13H2,1H3. The quantitative estimate of drug-likeness (QED) is 0.404. The molecule has 6 heteroatoms. The van der Waals surface area contributed by atoms with Crippen LogP contribution in [0.4, 0.5) is 5.69 Å². The number of hydrogen-bond donors (Lipinski definition) is 3. The fraction of sp³-hybridized carbons (Fsp3) is 0.417. The van der Waals surface area contributed by atoms with Gasteiger partial charge in [0.2, 0.25) is 0 Å². The van der Waals surface area contributed by atoms with Crippen LogP contribution in [0.15, 0.2) is 23.1 Å². The van der Waals surface area contributed by atoms with E-state index in [4.69, 9.17) is 15.6 Å². The molecule has 1 aromatic rings. The van der Waals surface area contributed by atoms with Crippen LogP contribution in [0.2, 0.25) is 0 Å². The van der Waals surface area contributed by atoms with Gasteiger partial charge in [0.05, 0.1) is 24.9 Å². The number of ether oxygens (including phenoxy) is 1. The SMILES string of the molecule is CCOC(=O)c1cc(N)ccc1SCC(O)CO. The van der Waals surface area contributed by atoms with Gasteiger partial charge in [-0.2, -0.15) is 0 Å². The molecule has 0 bridgehead atoms. The fourth-order valence-corrected chi connectivity index (χ4v) is 2.22. The Balaban J connectivity index is 2.86. The molecule has 4 N–H and O–H groups in total. The summed E-state index contributed by atoms with van der Waals surface area (Å²) in [6.07, 6.45) is -0.817. The summed E-state index contributed by atoms with van der Waals surface area (Å²) in [5.41, 5.74) is 6.50. The molecule has 0 fully saturated rings. The molecule has 1 aromatic carbocycles. The first kappa shape index (κ1) is 14.8. The minimum Gasteiger partial charge on any atom is -0.462 e. The summed E-state index contributed by atoms with van der Waals surface area (Å²) in [5, 5.41) is 18.0. The summed E-state index contributed by atoms with van der Waals surface area (Å²) < 4.78 is 4.94. The number of aliphatic hydroxyl groups is 2. The highest BCUT2D eigenvalue weighted by Crippen LogP contribution is 2.26. The molecule has 0 amide bonds. The number of thioether (sulfide) groups is 1. The first-order valence-electron chi connectivity index (χ1n) is 5.56.